The largest absolute Gasteiger partial charge is 0.368 e. The van der Waals surface area contributed by atoms with Crippen molar-refractivity contribution >= 4 is 33.2 Å². The van der Waals surface area contributed by atoms with Gasteiger partial charge in [0.1, 0.15) is 0 Å². The summed E-state index contributed by atoms with van der Waals surface area (Å²) in [6, 6.07) is 7.25. The first kappa shape index (κ1) is 13.7. The van der Waals surface area contributed by atoms with Crippen LogP contribution in [-0.2, 0) is 5.88 Å². The Morgan fingerprint density at radius 2 is 2.11 bits per heavy atom. The fourth-order valence-electron chi connectivity index (χ4n) is 3.26. The summed E-state index contributed by atoms with van der Waals surface area (Å²) in [7, 11) is 0. The van der Waals surface area contributed by atoms with Crippen molar-refractivity contribution in [3.05, 3.63) is 28.2 Å². The fraction of sp³-hybridized carbons (Fsp3) is 0.600. The van der Waals surface area contributed by atoms with Crippen LogP contribution in [0.25, 0.3) is 0 Å². The van der Waals surface area contributed by atoms with Crippen LogP contribution < -0.4 is 4.90 Å². The van der Waals surface area contributed by atoms with E-state index in [0.29, 0.717) is 5.88 Å². The number of anilines is 1. The summed E-state index contributed by atoms with van der Waals surface area (Å²) >= 11 is 9.58. The second kappa shape index (κ2) is 6.02. The lowest BCUT2D eigenvalue weighted by atomic mass is 9.99. The Morgan fingerprint density at radius 1 is 1.21 bits per heavy atom. The minimum Gasteiger partial charge on any atom is -0.368 e. The van der Waals surface area contributed by atoms with Crippen molar-refractivity contribution < 1.29 is 0 Å². The average Bonchev–Trinajstić information content (AvgIpc) is 2.46. The van der Waals surface area contributed by atoms with Gasteiger partial charge in [-0.2, -0.15) is 0 Å². The summed E-state index contributed by atoms with van der Waals surface area (Å²) in [5.74, 6) is 0.579. The Balaban J connectivity index is 1.75. The van der Waals surface area contributed by atoms with Gasteiger partial charge < -0.3 is 4.90 Å². The number of piperazine rings is 1. The Kier molecular flexibility index (Phi) is 4.35. The van der Waals surface area contributed by atoms with Gasteiger partial charge in [-0.25, -0.2) is 0 Å². The molecule has 3 rings (SSSR count). The van der Waals surface area contributed by atoms with E-state index in [1.807, 2.05) is 0 Å². The number of hydrogen-bond donors (Lipinski definition) is 0. The molecule has 19 heavy (non-hydrogen) atoms. The van der Waals surface area contributed by atoms with Gasteiger partial charge in [0.2, 0.25) is 0 Å². The first-order valence-corrected chi connectivity index (χ1v) is 8.44. The van der Waals surface area contributed by atoms with Gasteiger partial charge in [0.05, 0.1) is 5.69 Å². The van der Waals surface area contributed by atoms with Crippen molar-refractivity contribution in [3.63, 3.8) is 0 Å². The van der Waals surface area contributed by atoms with Crippen molar-refractivity contribution in [3.8, 4) is 0 Å². The predicted octanol–water partition coefficient (Wildman–Crippen LogP) is 3.86. The molecule has 0 aromatic heterocycles. The number of hydrogen-bond acceptors (Lipinski definition) is 2. The van der Waals surface area contributed by atoms with Gasteiger partial charge in [-0.15, -0.1) is 11.6 Å². The molecule has 2 heterocycles. The highest BCUT2D eigenvalue weighted by Gasteiger charge is 2.29. The molecule has 0 saturated carbocycles. The molecular formula is C15H20BrClN2. The highest BCUT2D eigenvalue weighted by molar-refractivity contribution is 9.10. The molecule has 2 saturated heterocycles. The van der Waals surface area contributed by atoms with Crippen LogP contribution >= 0.6 is 27.5 Å². The number of benzene rings is 1. The van der Waals surface area contributed by atoms with E-state index in [2.05, 4.69) is 43.9 Å². The van der Waals surface area contributed by atoms with Gasteiger partial charge >= 0.3 is 0 Å². The van der Waals surface area contributed by atoms with E-state index in [1.165, 1.54) is 54.6 Å². The quantitative estimate of drug-likeness (QED) is 0.752. The summed E-state index contributed by atoms with van der Waals surface area (Å²) < 4.78 is 1.18. The molecule has 2 aliphatic rings. The maximum absolute atomic E-state index is 5.89. The molecule has 1 unspecified atom stereocenters. The van der Waals surface area contributed by atoms with Crippen LogP contribution in [0.2, 0.25) is 0 Å². The van der Waals surface area contributed by atoms with Gasteiger partial charge in [0, 0.05) is 36.0 Å². The molecule has 1 aromatic carbocycles. The standard InChI is InChI=1S/C15H20BrClN2/c16-14-9-12(10-17)4-5-15(14)19-8-7-18-6-2-1-3-13(18)11-19/h4-5,9,13H,1-3,6-8,10-11H2. The maximum atomic E-state index is 5.89. The molecule has 0 spiro atoms. The number of rotatable bonds is 2. The fourth-order valence-corrected chi connectivity index (χ4v) is 4.11. The molecular weight excluding hydrogens is 324 g/mol. The van der Waals surface area contributed by atoms with Gasteiger partial charge in [-0.05, 0) is 53.0 Å². The zero-order chi connectivity index (χ0) is 13.2. The van der Waals surface area contributed by atoms with Gasteiger partial charge in [0.15, 0.2) is 0 Å². The summed E-state index contributed by atoms with van der Waals surface area (Å²) in [4.78, 5) is 5.19. The van der Waals surface area contributed by atoms with Crippen LogP contribution in [0, 0.1) is 0 Å². The molecule has 2 fully saturated rings. The zero-order valence-electron chi connectivity index (χ0n) is 11.1. The first-order chi connectivity index (χ1) is 9.28. The maximum Gasteiger partial charge on any atom is 0.0511 e. The Hall–Kier alpha value is -0.250. The molecule has 0 bridgehead atoms. The molecule has 0 aliphatic carbocycles. The van der Waals surface area contributed by atoms with Crippen LogP contribution in [0.15, 0.2) is 22.7 Å². The normalized spacial score (nSPS) is 24.3. The van der Waals surface area contributed by atoms with Gasteiger partial charge in [0.25, 0.3) is 0 Å². The third kappa shape index (κ3) is 2.93. The lowest BCUT2D eigenvalue weighted by Crippen LogP contribution is -2.55. The van der Waals surface area contributed by atoms with Crippen LogP contribution in [-0.4, -0.2) is 37.1 Å². The molecule has 104 valence electrons. The van der Waals surface area contributed by atoms with E-state index in [1.54, 1.807) is 0 Å². The highest BCUT2D eigenvalue weighted by atomic mass is 79.9. The van der Waals surface area contributed by atoms with E-state index in [9.17, 15) is 0 Å². The lowest BCUT2D eigenvalue weighted by Gasteiger charge is -2.45. The molecule has 4 heteroatoms. The van der Waals surface area contributed by atoms with Crippen molar-refractivity contribution in [1.82, 2.24) is 4.90 Å². The first-order valence-electron chi connectivity index (χ1n) is 7.11. The predicted molar refractivity (Wildman–Crippen MR) is 85.1 cm³/mol. The SMILES string of the molecule is ClCc1ccc(N2CCN3CCCCC3C2)c(Br)c1. The molecule has 1 atom stereocenters. The zero-order valence-corrected chi connectivity index (χ0v) is 13.5. The number of nitrogens with zero attached hydrogens (tertiary/aromatic N) is 2. The molecule has 0 amide bonds. The second-order valence-electron chi connectivity index (χ2n) is 5.55. The Morgan fingerprint density at radius 3 is 2.89 bits per heavy atom. The molecule has 0 radical (unpaired) electrons. The summed E-state index contributed by atoms with van der Waals surface area (Å²) in [6.45, 7) is 4.80. The number of piperidine rings is 1. The highest BCUT2D eigenvalue weighted by Crippen LogP contribution is 2.31. The van der Waals surface area contributed by atoms with Gasteiger partial charge in [-0.1, -0.05) is 12.5 Å². The van der Waals surface area contributed by atoms with E-state index >= 15 is 0 Å². The molecule has 2 aliphatic heterocycles. The van der Waals surface area contributed by atoms with E-state index < -0.39 is 0 Å². The number of halogens is 2. The summed E-state index contributed by atoms with van der Waals surface area (Å²) in [6.07, 6.45) is 4.12. The third-order valence-electron chi connectivity index (χ3n) is 4.34. The average molecular weight is 344 g/mol. The summed E-state index contributed by atoms with van der Waals surface area (Å²) in [5.41, 5.74) is 2.49. The van der Waals surface area contributed by atoms with Crippen LogP contribution in [0.3, 0.4) is 0 Å². The Bertz CT molecular complexity index is 452. The second-order valence-corrected chi connectivity index (χ2v) is 6.67. The lowest BCUT2D eigenvalue weighted by molar-refractivity contribution is 0.133. The van der Waals surface area contributed by atoms with Crippen LogP contribution in [0.1, 0.15) is 24.8 Å². The van der Waals surface area contributed by atoms with Crippen LogP contribution in [0.4, 0.5) is 5.69 Å². The minimum atomic E-state index is 0.579. The Labute approximate surface area is 128 Å². The minimum absolute atomic E-state index is 0.579. The molecule has 0 N–H and O–H groups in total. The number of alkyl halides is 1. The van der Waals surface area contributed by atoms with Crippen molar-refractivity contribution in [2.24, 2.45) is 0 Å². The molecule has 1 aromatic rings. The summed E-state index contributed by atoms with van der Waals surface area (Å²) in [5, 5.41) is 0. The monoisotopic (exact) mass is 342 g/mol. The third-order valence-corrected chi connectivity index (χ3v) is 5.29. The van der Waals surface area contributed by atoms with E-state index in [-0.39, 0.29) is 0 Å². The topological polar surface area (TPSA) is 6.48 Å². The van der Waals surface area contributed by atoms with Crippen molar-refractivity contribution in [1.29, 1.82) is 0 Å². The van der Waals surface area contributed by atoms with E-state index in [0.717, 1.165) is 12.6 Å². The van der Waals surface area contributed by atoms with E-state index in [4.69, 9.17) is 11.6 Å². The van der Waals surface area contributed by atoms with Crippen molar-refractivity contribution in [2.45, 2.75) is 31.2 Å². The van der Waals surface area contributed by atoms with Gasteiger partial charge in [-0.3, -0.25) is 4.90 Å². The smallest absolute Gasteiger partial charge is 0.0511 e. The van der Waals surface area contributed by atoms with Crippen molar-refractivity contribution in [2.75, 3.05) is 31.1 Å². The molecule has 2 nitrogen and oxygen atoms in total. The van der Waals surface area contributed by atoms with Crippen LogP contribution in [0.5, 0.6) is 0 Å². The number of fused-ring (bicyclic) bond motifs is 1.